The summed E-state index contributed by atoms with van der Waals surface area (Å²) in [5, 5.41) is 4.64. The first-order chi connectivity index (χ1) is 15.8. The van der Waals surface area contributed by atoms with Crippen LogP contribution in [0.5, 0.6) is 17.2 Å². The van der Waals surface area contributed by atoms with Crippen molar-refractivity contribution in [1.82, 2.24) is 4.37 Å². The number of ether oxygens (including phenoxy) is 3. The second kappa shape index (κ2) is 10.3. The fourth-order valence-electron chi connectivity index (χ4n) is 3.45. The lowest BCUT2D eigenvalue weighted by atomic mass is 9.99. The van der Waals surface area contributed by atoms with Crippen molar-refractivity contribution in [3.63, 3.8) is 0 Å². The molecule has 2 aromatic carbocycles. The Balaban J connectivity index is 2.01. The first-order valence-electron chi connectivity index (χ1n) is 9.99. The van der Waals surface area contributed by atoms with E-state index >= 15 is 0 Å². The summed E-state index contributed by atoms with van der Waals surface area (Å²) < 4.78 is 20.9. The average Bonchev–Trinajstić information content (AvgIpc) is 3.28. The molecule has 0 saturated heterocycles. The van der Waals surface area contributed by atoms with E-state index in [0.717, 1.165) is 27.9 Å². The molecule has 9 nitrogen and oxygen atoms in total. The number of anilines is 1. The Labute approximate surface area is 195 Å². The molecule has 33 heavy (non-hydrogen) atoms. The molecule has 0 radical (unpaired) electrons. The number of methoxy groups -OCH3 is 3. The van der Waals surface area contributed by atoms with Crippen molar-refractivity contribution in [3.05, 3.63) is 41.3 Å². The molecule has 10 heteroatoms. The van der Waals surface area contributed by atoms with Crippen LogP contribution >= 0.6 is 11.5 Å². The van der Waals surface area contributed by atoms with Gasteiger partial charge in [-0.15, -0.1) is 0 Å². The molecule has 0 aliphatic carbocycles. The molecule has 1 heterocycles. The number of benzene rings is 2. The number of rotatable bonds is 9. The number of carbonyl (C=O) groups excluding carboxylic acids is 2. The largest absolute Gasteiger partial charge is 0.495 e. The molecule has 1 atom stereocenters. The number of aryl methyl sites for hydroxylation is 1. The number of primary amides is 1. The van der Waals surface area contributed by atoms with Crippen molar-refractivity contribution in [2.75, 3.05) is 26.6 Å². The first kappa shape index (κ1) is 24.0. The maximum atomic E-state index is 12.4. The van der Waals surface area contributed by atoms with Crippen LogP contribution in [0.2, 0.25) is 0 Å². The van der Waals surface area contributed by atoms with E-state index in [2.05, 4.69) is 9.69 Å². The number of amides is 2. The molecule has 0 fully saturated rings. The van der Waals surface area contributed by atoms with Crippen LogP contribution in [0.1, 0.15) is 12.0 Å². The van der Waals surface area contributed by atoms with Gasteiger partial charge in [-0.25, -0.2) is 0 Å². The molecule has 5 N–H and O–H groups in total. The molecule has 2 amide bonds. The van der Waals surface area contributed by atoms with Crippen LogP contribution in [0.25, 0.3) is 22.4 Å². The SMILES string of the molecule is COc1ccc(-c2csnc2-c2cc(C)c(OC)c(OC)c2)cc1NC(=O)[C@@H](N)CC(N)=O. The molecule has 174 valence electrons. The summed E-state index contributed by atoms with van der Waals surface area (Å²) in [6, 6.07) is 8.18. The van der Waals surface area contributed by atoms with E-state index in [4.69, 9.17) is 25.7 Å². The third-order valence-corrected chi connectivity index (χ3v) is 5.66. The van der Waals surface area contributed by atoms with Crippen LogP contribution in [0.15, 0.2) is 35.7 Å². The summed E-state index contributed by atoms with van der Waals surface area (Å²) in [6.07, 6.45) is -0.259. The van der Waals surface area contributed by atoms with Gasteiger partial charge in [0.15, 0.2) is 11.5 Å². The van der Waals surface area contributed by atoms with Crippen LogP contribution < -0.4 is 31.0 Å². The highest BCUT2D eigenvalue weighted by atomic mass is 32.1. The maximum absolute atomic E-state index is 12.4. The first-order valence-corrected chi connectivity index (χ1v) is 10.8. The molecule has 0 aliphatic rings. The van der Waals surface area contributed by atoms with E-state index in [0.29, 0.717) is 22.9 Å². The normalized spacial score (nSPS) is 11.5. The lowest BCUT2D eigenvalue weighted by Crippen LogP contribution is -2.39. The number of nitrogens with zero attached hydrogens (tertiary/aromatic N) is 1. The second-order valence-corrected chi connectivity index (χ2v) is 7.92. The van der Waals surface area contributed by atoms with Gasteiger partial charge in [-0.1, -0.05) is 6.07 Å². The van der Waals surface area contributed by atoms with Gasteiger partial charge in [-0.2, -0.15) is 4.37 Å². The van der Waals surface area contributed by atoms with Gasteiger partial charge in [-0.3, -0.25) is 9.59 Å². The van der Waals surface area contributed by atoms with Crippen molar-refractivity contribution in [1.29, 1.82) is 0 Å². The van der Waals surface area contributed by atoms with E-state index in [9.17, 15) is 9.59 Å². The van der Waals surface area contributed by atoms with Crippen molar-refractivity contribution in [2.45, 2.75) is 19.4 Å². The zero-order chi connectivity index (χ0) is 24.1. The fraction of sp³-hybridized carbons (Fsp3) is 0.261. The molecule has 0 bridgehead atoms. The average molecular weight is 471 g/mol. The zero-order valence-electron chi connectivity index (χ0n) is 18.8. The Bertz CT molecular complexity index is 1180. The second-order valence-electron chi connectivity index (χ2n) is 7.29. The van der Waals surface area contributed by atoms with Gasteiger partial charge < -0.3 is 31.0 Å². The van der Waals surface area contributed by atoms with Crippen molar-refractivity contribution in [2.24, 2.45) is 11.5 Å². The summed E-state index contributed by atoms with van der Waals surface area (Å²) in [4.78, 5) is 23.5. The van der Waals surface area contributed by atoms with Crippen LogP contribution in [0, 0.1) is 6.92 Å². The third-order valence-electron chi connectivity index (χ3n) is 5.03. The lowest BCUT2D eigenvalue weighted by Gasteiger charge is -2.15. The molecule has 1 aromatic heterocycles. The number of aromatic nitrogens is 1. The standard InChI is InChI=1S/C23H26N4O5S/c1-12-7-14(9-19(31-3)22(12)32-4)21-15(11-33-27-21)13-5-6-18(30-2)17(8-13)26-23(29)16(24)10-20(25)28/h5-9,11,16H,10,24H2,1-4H3,(H2,25,28)(H,26,29)/t16-/m0/s1. The summed E-state index contributed by atoms with van der Waals surface area (Å²) in [5.74, 6) is 0.531. The maximum Gasteiger partial charge on any atom is 0.241 e. The molecule has 0 spiro atoms. The van der Waals surface area contributed by atoms with Gasteiger partial charge in [0, 0.05) is 16.5 Å². The van der Waals surface area contributed by atoms with Gasteiger partial charge in [-0.05, 0) is 53.8 Å². The van der Waals surface area contributed by atoms with Crippen molar-refractivity contribution < 1.29 is 23.8 Å². The number of hydrogen-bond donors (Lipinski definition) is 3. The summed E-state index contributed by atoms with van der Waals surface area (Å²) >= 11 is 1.31. The van der Waals surface area contributed by atoms with E-state index in [-0.39, 0.29) is 6.42 Å². The molecule has 0 unspecified atom stereocenters. The number of hydrogen-bond acceptors (Lipinski definition) is 8. The van der Waals surface area contributed by atoms with Gasteiger partial charge in [0.25, 0.3) is 0 Å². The van der Waals surface area contributed by atoms with E-state index in [1.165, 1.54) is 18.6 Å². The molecular weight excluding hydrogens is 444 g/mol. The van der Waals surface area contributed by atoms with Crippen molar-refractivity contribution >= 4 is 29.0 Å². The highest BCUT2D eigenvalue weighted by molar-refractivity contribution is 7.04. The molecule has 0 aliphatic heterocycles. The van der Waals surface area contributed by atoms with E-state index in [1.54, 1.807) is 26.4 Å². The quantitative estimate of drug-likeness (QED) is 0.437. The van der Waals surface area contributed by atoms with Gasteiger partial charge in [0.2, 0.25) is 11.8 Å². The predicted molar refractivity (Wildman–Crippen MR) is 128 cm³/mol. The lowest BCUT2D eigenvalue weighted by molar-refractivity contribution is -0.123. The Morgan fingerprint density at radius 3 is 2.42 bits per heavy atom. The summed E-state index contributed by atoms with van der Waals surface area (Å²) in [5.41, 5.74) is 15.6. The number of nitrogens with one attached hydrogen (secondary N) is 1. The van der Waals surface area contributed by atoms with Gasteiger partial charge in [0.05, 0.1) is 45.2 Å². The number of nitrogens with two attached hydrogens (primary N) is 2. The topological polar surface area (TPSA) is 139 Å². The Morgan fingerprint density at radius 2 is 1.79 bits per heavy atom. The highest BCUT2D eigenvalue weighted by Crippen LogP contribution is 2.40. The van der Waals surface area contributed by atoms with E-state index in [1.807, 2.05) is 30.5 Å². The zero-order valence-corrected chi connectivity index (χ0v) is 19.6. The third kappa shape index (κ3) is 5.24. The minimum atomic E-state index is -1.07. The highest BCUT2D eigenvalue weighted by Gasteiger charge is 2.20. The van der Waals surface area contributed by atoms with Gasteiger partial charge >= 0.3 is 0 Å². The van der Waals surface area contributed by atoms with Crippen molar-refractivity contribution in [3.8, 4) is 39.6 Å². The molecule has 3 aromatic rings. The molecule has 0 saturated carbocycles. The Hall–Kier alpha value is -3.63. The van der Waals surface area contributed by atoms with Crippen LogP contribution in [0.4, 0.5) is 5.69 Å². The van der Waals surface area contributed by atoms with Gasteiger partial charge in [0.1, 0.15) is 5.75 Å². The monoisotopic (exact) mass is 470 g/mol. The van der Waals surface area contributed by atoms with Crippen LogP contribution in [-0.2, 0) is 9.59 Å². The summed E-state index contributed by atoms with van der Waals surface area (Å²) in [6.45, 7) is 1.94. The van der Waals surface area contributed by atoms with Crippen LogP contribution in [-0.4, -0.2) is 43.6 Å². The summed E-state index contributed by atoms with van der Waals surface area (Å²) in [7, 11) is 4.68. The Kier molecular flexibility index (Phi) is 7.52. The minimum absolute atomic E-state index is 0.259. The number of carbonyl (C=O) groups is 2. The smallest absolute Gasteiger partial charge is 0.241 e. The molecular formula is C23H26N4O5S. The van der Waals surface area contributed by atoms with E-state index < -0.39 is 17.9 Å². The fourth-order valence-corrected chi connectivity index (χ4v) is 4.16. The predicted octanol–water partition coefficient (Wildman–Crippen LogP) is 2.95. The molecule has 3 rings (SSSR count). The minimum Gasteiger partial charge on any atom is -0.495 e. The van der Waals surface area contributed by atoms with Crippen LogP contribution in [0.3, 0.4) is 0 Å². The Morgan fingerprint density at radius 1 is 1.06 bits per heavy atom.